The highest BCUT2D eigenvalue weighted by Crippen LogP contribution is 1.95. The fourth-order valence-corrected chi connectivity index (χ4v) is 0.632. The van der Waals surface area contributed by atoms with E-state index in [0.29, 0.717) is 0 Å². The molecule has 0 saturated carbocycles. The smallest absolute Gasteiger partial charge is 0.330 e. The molecule has 0 aromatic carbocycles. The van der Waals surface area contributed by atoms with Crippen LogP contribution in [0.2, 0.25) is 0 Å². The van der Waals surface area contributed by atoms with Crippen molar-refractivity contribution < 1.29 is 26.8 Å². The van der Waals surface area contributed by atoms with Crippen LogP contribution in [0.4, 0.5) is 0 Å². The second kappa shape index (κ2) is 9.99. The normalized spacial score (nSPS) is 9.40. The zero-order valence-corrected chi connectivity index (χ0v) is 11.3. The number of unbranched alkanes of at least 4 members (excludes halogenated alkanes) is 1. The molecule has 0 heterocycles. The van der Waals surface area contributed by atoms with Crippen molar-refractivity contribution in [3.05, 3.63) is 12.2 Å². The summed E-state index contributed by atoms with van der Waals surface area (Å²) in [6, 6.07) is 0. The molecule has 0 aromatic rings. The van der Waals surface area contributed by atoms with Crippen LogP contribution >= 0.6 is 0 Å². The SMILES string of the molecule is C=C(C)C(=O)O.CCCC[N+](C)(C)C.[Cl-]. The molecule has 0 aliphatic rings. The average molecular weight is 238 g/mol. The molecule has 0 bridgehead atoms. The van der Waals surface area contributed by atoms with Gasteiger partial charge in [-0.25, -0.2) is 4.79 Å². The van der Waals surface area contributed by atoms with Crippen molar-refractivity contribution in [1.82, 2.24) is 0 Å². The highest BCUT2D eigenvalue weighted by molar-refractivity contribution is 5.84. The number of carboxylic acids is 1. The second-order valence-electron chi connectivity index (χ2n) is 4.45. The first-order chi connectivity index (χ1) is 6.20. The number of hydrogen-bond donors (Lipinski definition) is 1. The van der Waals surface area contributed by atoms with Gasteiger partial charge in [0, 0.05) is 5.57 Å². The van der Waals surface area contributed by atoms with Crippen LogP contribution in [0.25, 0.3) is 0 Å². The first-order valence-electron chi connectivity index (χ1n) is 4.90. The van der Waals surface area contributed by atoms with Gasteiger partial charge in [-0.1, -0.05) is 19.9 Å². The lowest BCUT2D eigenvalue weighted by atomic mass is 10.3. The van der Waals surface area contributed by atoms with E-state index < -0.39 is 5.97 Å². The lowest BCUT2D eigenvalue weighted by molar-refractivity contribution is -0.870. The molecule has 0 fully saturated rings. The molecule has 0 spiro atoms. The summed E-state index contributed by atoms with van der Waals surface area (Å²) < 4.78 is 1.10. The minimum absolute atomic E-state index is 0. The largest absolute Gasteiger partial charge is 1.00 e. The Hall–Kier alpha value is -0.540. The first kappa shape index (κ1) is 19.9. The molecule has 92 valence electrons. The van der Waals surface area contributed by atoms with Crippen molar-refractivity contribution in [2.75, 3.05) is 27.7 Å². The number of nitrogens with zero attached hydrogens (tertiary/aromatic N) is 1. The van der Waals surface area contributed by atoms with Crippen LogP contribution in [0.5, 0.6) is 0 Å². The average Bonchev–Trinajstić information content (AvgIpc) is 2.00. The summed E-state index contributed by atoms with van der Waals surface area (Å²) in [4.78, 5) is 9.60. The van der Waals surface area contributed by atoms with Gasteiger partial charge in [-0.3, -0.25) is 0 Å². The summed E-state index contributed by atoms with van der Waals surface area (Å²) in [5.41, 5.74) is 0.176. The molecule has 0 saturated heterocycles. The topological polar surface area (TPSA) is 37.3 Å². The zero-order valence-electron chi connectivity index (χ0n) is 10.5. The van der Waals surface area contributed by atoms with Crippen LogP contribution in [-0.2, 0) is 4.79 Å². The quantitative estimate of drug-likeness (QED) is 0.511. The minimum Gasteiger partial charge on any atom is -1.00 e. The Morgan fingerprint density at radius 2 is 1.67 bits per heavy atom. The lowest BCUT2D eigenvalue weighted by Crippen LogP contribution is -3.00. The predicted molar refractivity (Wildman–Crippen MR) is 60.3 cm³/mol. The molecule has 4 heteroatoms. The Bertz CT molecular complexity index is 174. The van der Waals surface area contributed by atoms with Gasteiger partial charge in [0.2, 0.25) is 0 Å². The maximum absolute atomic E-state index is 9.60. The Labute approximate surface area is 99.8 Å². The van der Waals surface area contributed by atoms with Crippen molar-refractivity contribution in [2.45, 2.75) is 26.7 Å². The van der Waals surface area contributed by atoms with Crippen LogP contribution < -0.4 is 12.4 Å². The van der Waals surface area contributed by atoms with Crippen molar-refractivity contribution in [1.29, 1.82) is 0 Å². The summed E-state index contributed by atoms with van der Waals surface area (Å²) in [5.74, 6) is -0.935. The molecular formula is C11H24ClNO2. The third-order valence-electron chi connectivity index (χ3n) is 1.55. The number of hydrogen-bond acceptors (Lipinski definition) is 1. The first-order valence-corrected chi connectivity index (χ1v) is 4.90. The molecule has 0 radical (unpaired) electrons. The van der Waals surface area contributed by atoms with Crippen molar-refractivity contribution in [3.8, 4) is 0 Å². The number of carbonyl (C=O) groups is 1. The Balaban J connectivity index is -0.000000187. The van der Waals surface area contributed by atoms with E-state index in [1.165, 1.54) is 26.3 Å². The molecule has 0 rings (SSSR count). The summed E-state index contributed by atoms with van der Waals surface area (Å²) >= 11 is 0. The molecular weight excluding hydrogens is 214 g/mol. The third kappa shape index (κ3) is 24.7. The predicted octanol–water partition coefficient (Wildman–Crippen LogP) is -0.856. The van der Waals surface area contributed by atoms with Crippen molar-refractivity contribution in [2.24, 2.45) is 0 Å². The number of aliphatic carboxylic acids is 1. The van der Waals surface area contributed by atoms with Gasteiger partial charge >= 0.3 is 5.97 Å². The van der Waals surface area contributed by atoms with Crippen LogP contribution in [0.1, 0.15) is 26.7 Å². The molecule has 3 nitrogen and oxygen atoms in total. The van der Waals surface area contributed by atoms with E-state index in [-0.39, 0.29) is 18.0 Å². The van der Waals surface area contributed by atoms with Gasteiger partial charge in [0.05, 0.1) is 27.7 Å². The molecule has 0 aliphatic heterocycles. The van der Waals surface area contributed by atoms with E-state index in [1.54, 1.807) is 0 Å². The fraction of sp³-hybridized carbons (Fsp3) is 0.727. The van der Waals surface area contributed by atoms with Gasteiger partial charge < -0.3 is 22.0 Å². The van der Waals surface area contributed by atoms with Crippen LogP contribution in [0, 0.1) is 0 Å². The second-order valence-corrected chi connectivity index (χ2v) is 4.45. The Kier molecular flexibility index (Phi) is 13.3. The van der Waals surface area contributed by atoms with Crippen molar-refractivity contribution >= 4 is 5.97 Å². The lowest BCUT2D eigenvalue weighted by Gasteiger charge is -2.23. The molecule has 0 amide bonds. The number of rotatable bonds is 4. The highest BCUT2D eigenvalue weighted by atomic mass is 35.5. The van der Waals surface area contributed by atoms with Crippen LogP contribution in [-0.4, -0.2) is 43.2 Å². The van der Waals surface area contributed by atoms with Gasteiger partial charge in [-0.2, -0.15) is 0 Å². The maximum Gasteiger partial charge on any atom is 0.330 e. The number of carboxylic acid groups (broad SMARTS) is 1. The monoisotopic (exact) mass is 237 g/mol. The summed E-state index contributed by atoms with van der Waals surface area (Å²) in [5, 5.41) is 7.89. The minimum atomic E-state index is -0.935. The molecule has 0 atom stereocenters. The fourth-order valence-electron chi connectivity index (χ4n) is 0.632. The van der Waals surface area contributed by atoms with E-state index in [1.807, 2.05) is 0 Å². The van der Waals surface area contributed by atoms with Gasteiger partial charge in [0.1, 0.15) is 0 Å². The molecule has 0 unspecified atom stereocenters. The zero-order chi connectivity index (χ0) is 11.8. The summed E-state index contributed by atoms with van der Waals surface area (Å²) in [6.07, 6.45) is 2.67. The molecule has 15 heavy (non-hydrogen) atoms. The Morgan fingerprint density at radius 1 is 1.33 bits per heavy atom. The van der Waals surface area contributed by atoms with Gasteiger partial charge in [-0.15, -0.1) is 0 Å². The van der Waals surface area contributed by atoms with Crippen LogP contribution in [0.15, 0.2) is 12.2 Å². The standard InChI is InChI=1S/C7H18N.C4H6O2.ClH/c1-5-6-7-8(2,3)4;1-3(2)4(5)6;/h5-7H2,1-4H3;1H2,2H3,(H,5,6);1H/q+1;;/p-1. The maximum atomic E-state index is 9.60. The third-order valence-corrected chi connectivity index (χ3v) is 1.55. The van der Waals surface area contributed by atoms with Gasteiger partial charge in [0.15, 0.2) is 0 Å². The van der Waals surface area contributed by atoms with Crippen molar-refractivity contribution in [3.63, 3.8) is 0 Å². The van der Waals surface area contributed by atoms with Crippen LogP contribution in [0.3, 0.4) is 0 Å². The Morgan fingerprint density at radius 3 is 1.73 bits per heavy atom. The molecule has 0 aliphatic carbocycles. The van der Waals surface area contributed by atoms with E-state index >= 15 is 0 Å². The number of halogens is 1. The van der Waals surface area contributed by atoms with Gasteiger partial charge in [0.25, 0.3) is 0 Å². The number of quaternary nitrogens is 1. The van der Waals surface area contributed by atoms with Gasteiger partial charge in [-0.05, 0) is 13.3 Å². The summed E-state index contributed by atoms with van der Waals surface area (Å²) in [6.45, 7) is 8.14. The molecule has 1 N–H and O–H groups in total. The summed E-state index contributed by atoms with van der Waals surface area (Å²) in [7, 11) is 6.70. The van der Waals surface area contributed by atoms with E-state index in [0.717, 1.165) is 4.48 Å². The van der Waals surface area contributed by atoms with E-state index in [2.05, 4.69) is 34.6 Å². The van der Waals surface area contributed by atoms with E-state index in [4.69, 9.17) is 5.11 Å². The highest BCUT2D eigenvalue weighted by Gasteiger charge is 2.02. The van der Waals surface area contributed by atoms with E-state index in [9.17, 15) is 4.79 Å². The molecule has 0 aromatic heterocycles.